The number of nitrogens with one attached hydrogen (secondary N) is 1. The van der Waals surface area contributed by atoms with Gasteiger partial charge in [0.2, 0.25) is 0 Å². The fraction of sp³-hybridized carbons (Fsp3) is 0.647. The number of hydrogen-bond donors (Lipinski definition) is 1. The van der Waals surface area contributed by atoms with Crippen LogP contribution in [0.15, 0.2) is 24.3 Å². The molecule has 0 unspecified atom stereocenters. The lowest BCUT2D eigenvalue weighted by Gasteiger charge is -2.41. The number of aryl methyl sites for hydroxylation is 1. The van der Waals surface area contributed by atoms with Gasteiger partial charge in [-0.3, -0.25) is 0 Å². The summed E-state index contributed by atoms with van der Waals surface area (Å²) in [6, 6.07) is 8.93. The quantitative estimate of drug-likeness (QED) is 0.842. The molecule has 19 heavy (non-hydrogen) atoms. The number of para-hydroxylation sites is 1. The molecule has 1 heterocycles. The molecule has 0 aliphatic carbocycles. The maximum atomic E-state index is 3.40. The van der Waals surface area contributed by atoms with Crippen LogP contribution >= 0.6 is 0 Å². The van der Waals surface area contributed by atoms with Crippen LogP contribution in [0.3, 0.4) is 0 Å². The molecular formula is C17H28N2. The van der Waals surface area contributed by atoms with Gasteiger partial charge in [0.15, 0.2) is 0 Å². The highest BCUT2D eigenvalue weighted by atomic mass is 15.1. The fourth-order valence-electron chi connectivity index (χ4n) is 3.34. The third-order valence-electron chi connectivity index (χ3n) is 4.78. The summed E-state index contributed by atoms with van der Waals surface area (Å²) >= 11 is 0. The van der Waals surface area contributed by atoms with Gasteiger partial charge in [0, 0.05) is 25.3 Å². The van der Waals surface area contributed by atoms with E-state index in [-0.39, 0.29) is 0 Å². The highest BCUT2D eigenvalue weighted by Crippen LogP contribution is 2.33. The van der Waals surface area contributed by atoms with Crippen LogP contribution in [0.25, 0.3) is 0 Å². The van der Waals surface area contributed by atoms with Crippen molar-refractivity contribution in [2.24, 2.45) is 5.41 Å². The van der Waals surface area contributed by atoms with E-state index < -0.39 is 0 Å². The van der Waals surface area contributed by atoms with Gasteiger partial charge < -0.3 is 10.2 Å². The highest BCUT2D eigenvalue weighted by molar-refractivity contribution is 5.55. The van der Waals surface area contributed by atoms with Crippen molar-refractivity contribution in [2.75, 3.05) is 31.6 Å². The summed E-state index contributed by atoms with van der Waals surface area (Å²) in [6.45, 7) is 8.16. The fourth-order valence-corrected chi connectivity index (χ4v) is 3.34. The molecule has 0 bridgehead atoms. The molecule has 1 aliphatic heterocycles. The molecule has 2 rings (SSSR count). The molecule has 1 aromatic rings. The summed E-state index contributed by atoms with van der Waals surface area (Å²) in [5, 5.41) is 3.40. The molecule has 0 saturated carbocycles. The minimum atomic E-state index is 0.402. The van der Waals surface area contributed by atoms with Crippen molar-refractivity contribution in [1.82, 2.24) is 5.32 Å². The molecule has 0 fully saturated rings. The minimum absolute atomic E-state index is 0.402. The number of hydrogen-bond acceptors (Lipinski definition) is 2. The van der Waals surface area contributed by atoms with E-state index in [1.54, 1.807) is 0 Å². The topological polar surface area (TPSA) is 15.3 Å². The smallest absolute Gasteiger partial charge is 0.0398 e. The second-order valence-electron chi connectivity index (χ2n) is 5.89. The Morgan fingerprint density at radius 2 is 1.95 bits per heavy atom. The summed E-state index contributed by atoms with van der Waals surface area (Å²) in [7, 11) is 2.07. The molecular weight excluding hydrogens is 232 g/mol. The van der Waals surface area contributed by atoms with E-state index >= 15 is 0 Å². The Morgan fingerprint density at radius 3 is 2.63 bits per heavy atom. The molecule has 2 nitrogen and oxygen atoms in total. The molecule has 1 aliphatic rings. The molecule has 1 aromatic carbocycles. The monoisotopic (exact) mass is 260 g/mol. The van der Waals surface area contributed by atoms with Gasteiger partial charge in [-0.1, -0.05) is 32.0 Å². The molecule has 0 radical (unpaired) electrons. The highest BCUT2D eigenvalue weighted by Gasteiger charge is 2.29. The van der Waals surface area contributed by atoms with Gasteiger partial charge in [0.25, 0.3) is 0 Å². The van der Waals surface area contributed by atoms with Gasteiger partial charge in [-0.15, -0.1) is 0 Å². The van der Waals surface area contributed by atoms with Crippen LogP contribution in [-0.2, 0) is 6.42 Å². The molecule has 0 amide bonds. The van der Waals surface area contributed by atoms with Crippen LogP contribution in [-0.4, -0.2) is 26.7 Å². The lowest BCUT2D eigenvalue weighted by atomic mass is 9.81. The van der Waals surface area contributed by atoms with Gasteiger partial charge in [-0.05, 0) is 49.8 Å². The first-order chi connectivity index (χ1) is 9.24. The summed E-state index contributed by atoms with van der Waals surface area (Å²) in [6.07, 6.45) is 5.01. The first-order valence-electron chi connectivity index (χ1n) is 7.72. The zero-order valence-electron chi connectivity index (χ0n) is 12.7. The van der Waals surface area contributed by atoms with Crippen LogP contribution in [0.1, 0.15) is 38.7 Å². The number of anilines is 1. The van der Waals surface area contributed by atoms with E-state index in [4.69, 9.17) is 0 Å². The van der Waals surface area contributed by atoms with Crippen molar-refractivity contribution in [3.8, 4) is 0 Å². The number of rotatable bonds is 6. The Labute approximate surface area is 118 Å². The average molecular weight is 260 g/mol. The zero-order chi connectivity index (χ0) is 13.7. The maximum Gasteiger partial charge on any atom is 0.0398 e. The van der Waals surface area contributed by atoms with Crippen LogP contribution in [0.4, 0.5) is 5.69 Å². The number of nitrogens with zero attached hydrogens (tertiary/aromatic N) is 1. The van der Waals surface area contributed by atoms with E-state index in [9.17, 15) is 0 Å². The van der Waals surface area contributed by atoms with Crippen molar-refractivity contribution in [1.29, 1.82) is 0 Å². The van der Waals surface area contributed by atoms with Crippen LogP contribution in [0.5, 0.6) is 0 Å². The van der Waals surface area contributed by atoms with E-state index in [0.717, 1.165) is 6.54 Å². The lowest BCUT2D eigenvalue weighted by molar-refractivity contribution is 0.257. The molecule has 0 spiro atoms. The first kappa shape index (κ1) is 14.4. The summed E-state index contributed by atoms with van der Waals surface area (Å²) in [5.41, 5.74) is 3.40. The van der Waals surface area contributed by atoms with Crippen molar-refractivity contribution in [3.63, 3.8) is 0 Å². The van der Waals surface area contributed by atoms with E-state index in [1.807, 2.05) is 0 Å². The second-order valence-corrected chi connectivity index (χ2v) is 5.89. The SMILES string of the molecule is CCC(CC)(CNC)CN1CCCc2ccccc21. The molecule has 0 aromatic heterocycles. The Hall–Kier alpha value is -1.02. The normalized spacial score (nSPS) is 15.4. The minimum Gasteiger partial charge on any atom is -0.371 e. The molecule has 0 saturated heterocycles. The van der Waals surface area contributed by atoms with E-state index in [0.29, 0.717) is 5.41 Å². The maximum absolute atomic E-state index is 3.40. The average Bonchev–Trinajstić information content (AvgIpc) is 2.47. The van der Waals surface area contributed by atoms with Crippen molar-refractivity contribution in [3.05, 3.63) is 29.8 Å². The molecule has 0 atom stereocenters. The predicted molar refractivity (Wildman–Crippen MR) is 83.9 cm³/mol. The van der Waals surface area contributed by atoms with Crippen LogP contribution in [0, 0.1) is 5.41 Å². The summed E-state index contributed by atoms with van der Waals surface area (Å²) < 4.78 is 0. The number of fused-ring (bicyclic) bond motifs is 1. The zero-order valence-corrected chi connectivity index (χ0v) is 12.7. The van der Waals surface area contributed by atoms with Crippen LogP contribution in [0.2, 0.25) is 0 Å². The molecule has 1 N–H and O–H groups in total. The second kappa shape index (κ2) is 6.42. The van der Waals surface area contributed by atoms with E-state index in [2.05, 4.69) is 55.4 Å². The molecule has 106 valence electrons. The van der Waals surface area contributed by atoms with Crippen LogP contribution < -0.4 is 10.2 Å². The Bertz CT molecular complexity index is 396. The number of benzene rings is 1. The first-order valence-corrected chi connectivity index (χ1v) is 7.72. The van der Waals surface area contributed by atoms with Crippen molar-refractivity contribution in [2.45, 2.75) is 39.5 Å². The van der Waals surface area contributed by atoms with Gasteiger partial charge in [0.05, 0.1) is 0 Å². The predicted octanol–water partition coefficient (Wildman–Crippen LogP) is 3.47. The largest absolute Gasteiger partial charge is 0.371 e. The van der Waals surface area contributed by atoms with Gasteiger partial charge in [0.1, 0.15) is 0 Å². The standard InChI is InChI=1S/C17H28N2/c1-4-17(5-2,13-18-3)14-19-12-8-10-15-9-6-7-11-16(15)19/h6-7,9,11,18H,4-5,8,10,12-14H2,1-3H3. The molecule has 2 heteroatoms. The van der Waals surface area contributed by atoms with Gasteiger partial charge in [-0.25, -0.2) is 0 Å². The lowest BCUT2D eigenvalue weighted by Crippen LogP contribution is -2.44. The van der Waals surface area contributed by atoms with Gasteiger partial charge in [-0.2, -0.15) is 0 Å². The third kappa shape index (κ3) is 3.11. The summed E-state index contributed by atoms with van der Waals surface area (Å²) in [4.78, 5) is 2.61. The van der Waals surface area contributed by atoms with E-state index in [1.165, 1.54) is 50.0 Å². The van der Waals surface area contributed by atoms with Crippen molar-refractivity contribution < 1.29 is 0 Å². The van der Waals surface area contributed by atoms with Gasteiger partial charge >= 0.3 is 0 Å². The summed E-state index contributed by atoms with van der Waals surface area (Å²) in [5.74, 6) is 0. The Kier molecular flexibility index (Phi) is 4.87. The Morgan fingerprint density at radius 1 is 1.21 bits per heavy atom. The Balaban J connectivity index is 2.19. The van der Waals surface area contributed by atoms with Crippen molar-refractivity contribution >= 4 is 5.69 Å². The third-order valence-corrected chi connectivity index (χ3v) is 4.78.